The minimum atomic E-state index is -1.15. The van der Waals surface area contributed by atoms with Gasteiger partial charge >= 0.3 is 0 Å². The molecule has 0 heterocycles. The molecule has 5 heteroatoms. The molecule has 0 spiro atoms. The first-order chi connectivity index (χ1) is 8.43. The van der Waals surface area contributed by atoms with Crippen LogP contribution in [0.25, 0.3) is 0 Å². The summed E-state index contributed by atoms with van der Waals surface area (Å²) < 4.78 is 39.7. The van der Waals surface area contributed by atoms with E-state index in [1.54, 1.807) is 6.08 Å². The standard InChI is InChI=1S/C13H13F3OS/c1-8(17)5-3-4-6-18-11-7-10(14)12(15)9(2)13(11)16/h3,5,7H,4,6H2,1-2H3. The zero-order valence-corrected chi connectivity index (χ0v) is 10.9. The number of benzene rings is 1. The number of carbonyl (C=O) groups excluding carboxylic acids is 1. The second kappa shape index (κ2) is 6.64. The number of hydrogen-bond acceptors (Lipinski definition) is 2. The van der Waals surface area contributed by atoms with Crippen molar-refractivity contribution >= 4 is 17.5 Å². The lowest BCUT2D eigenvalue weighted by Gasteiger charge is -2.06. The van der Waals surface area contributed by atoms with E-state index in [9.17, 15) is 18.0 Å². The zero-order chi connectivity index (χ0) is 13.7. The minimum Gasteiger partial charge on any atom is -0.295 e. The Kier molecular flexibility index (Phi) is 5.47. The van der Waals surface area contributed by atoms with E-state index in [1.807, 2.05) is 0 Å². The summed E-state index contributed by atoms with van der Waals surface area (Å²) in [4.78, 5) is 10.7. The van der Waals surface area contributed by atoms with Gasteiger partial charge in [0.25, 0.3) is 0 Å². The lowest BCUT2D eigenvalue weighted by Crippen LogP contribution is -1.96. The van der Waals surface area contributed by atoms with Crippen LogP contribution in [0.3, 0.4) is 0 Å². The van der Waals surface area contributed by atoms with E-state index in [2.05, 4.69) is 0 Å². The highest BCUT2D eigenvalue weighted by atomic mass is 32.2. The Hall–Kier alpha value is -1.23. The number of carbonyl (C=O) groups is 1. The molecule has 0 saturated heterocycles. The van der Waals surface area contributed by atoms with Crippen LogP contribution in [-0.4, -0.2) is 11.5 Å². The second-order valence-electron chi connectivity index (χ2n) is 3.76. The van der Waals surface area contributed by atoms with Crippen molar-refractivity contribution in [3.63, 3.8) is 0 Å². The quantitative estimate of drug-likeness (QED) is 0.349. The summed E-state index contributed by atoms with van der Waals surface area (Å²) in [6, 6.07) is 0.858. The van der Waals surface area contributed by atoms with E-state index in [0.29, 0.717) is 12.2 Å². The normalized spacial score (nSPS) is 11.2. The molecule has 0 aliphatic rings. The molecule has 0 aliphatic carbocycles. The molecule has 0 aliphatic heterocycles. The minimum absolute atomic E-state index is 0.0603. The summed E-state index contributed by atoms with van der Waals surface area (Å²) in [7, 11) is 0. The van der Waals surface area contributed by atoms with Gasteiger partial charge < -0.3 is 0 Å². The molecule has 98 valence electrons. The number of ketones is 1. The van der Waals surface area contributed by atoms with Crippen molar-refractivity contribution in [1.82, 2.24) is 0 Å². The van der Waals surface area contributed by atoms with Gasteiger partial charge in [0, 0.05) is 16.2 Å². The molecule has 1 aromatic rings. The average Bonchev–Trinajstić information content (AvgIpc) is 2.32. The Morgan fingerprint density at radius 3 is 2.61 bits per heavy atom. The molecule has 1 rings (SSSR count). The van der Waals surface area contributed by atoms with Crippen LogP contribution < -0.4 is 0 Å². The monoisotopic (exact) mass is 274 g/mol. The van der Waals surface area contributed by atoms with Crippen molar-refractivity contribution in [3.05, 3.63) is 41.2 Å². The van der Waals surface area contributed by atoms with Crippen LogP contribution >= 0.6 is 11.8 Å². The number of allylic oxidation sites excluding steroid dienone is 2. The summed E-state index contributed by atoms with van der Waals surface area (Å²) >= 11 is 1.09. The first-order valence-corrected chi connectivity index (χ1v) is 6.36. The van der Waals surface area contributed by atoms with E-state index >= 15 is 0 Å². The molecule has 0 aromatic heterocycles. The number of hydrogen-bond donors (Lipinski definition) is 0. The molecule has 1 nitrogen and oxygen atoms in total. The van der Waals surface area contributed by atoms with Gasteiger partial charge in [-0.2, -0.15) is 0 Å². The summed E-state index contributed by atoms with van der Waals surface area (Å²) in [5, 5.41) is 0. The zero-order valence-electron chi connectivity index (χ0n) is 10.1. The van der Waals surface area contributed by atoms with E-state index in [0.717, 1.165) is 17.8 Å². The van der Waals surface area contributed by atoms with Gasteiger partial charge in [0.2, 0.25) is 0 Å². The van der Waals surface area contributed by atoms with E-state index < -0.39 is 17.5 Å². The molecule has 0 saturated carbocycles. The van der Waals surface area contributed by atoms with Crippen LogP contribution in [0.1, 0.15) is 18.9 Å². The third kappa shape index (κ3) is 3.91. The predicted octanol–water partition coefficient (Wildman–Crippen LogP) is 4.04. The molecule has 0 fully saturated rings. The van der Waals surface area contributed by atoms with Gasteiger partial charge in [0.1, 0.15) is 5.82 Å². The molecule has 0 bridgehead atoms. The Bertz CT molecular complexity index is 484. The van der Waals surface area contributed by atoms with Crippen molar-refractivity contribution in [2.75, 3.05) is 5.75 Å². The summed E-state index contributed by atoms with van der Waals surface area (Å²) in [6.07, 6.45) is 3.65. The van der Waals surface area contributed by atoms with Crippen LogP contribution in [-0.2, 0) is 4.79 Å². The van der Waals surface area contributed by atoms with Crippen LogP contribution in [0, 0.1) is 24.4 Å². The van der Waals surface area contributed by atoms with Gasteiger partial charge in [-0.05, 0) is 32.4 Å². The SMILES string of the molecule is CC(=O)C=CCCSc1cc(F)c(F)c(C)c1F. The summed E-state index contributed by atoms with van der Waals surface area (Å²) in [6.45, 7) is 2.63. The highest BCUT2D eigenvalue weighted by molar-refractivity contribution is 7.99. The smallest absolute Gasteiger partial charge is 0.164 e. The van der Waals surface area contributed by atoms with E-state index in [1.165, 1.54) is 19.9 Å². The molecular formula is C13H13F3OS. The fourth-order valence-corrected chi connectivity index (χ4v) is 2.23. The lowest BCUT2D eigenvalue weighted by molar-refractivity contribution is -0.112. The Balaban J connectivity index is 2.66. The van der Waals surface area contributed by atoms with Crippen molar-refractivity contribution in [2.24, 2.45) is 0 Å². The number of rotatable bonds is 5. The van der Waals surface area contributed by atoms with Crippen LogP contribution in [0.15, 0.2) is 23.1 Å². The molecule has 0 radical (unpaired) electrons. The maximum atomic E-state index is 13.6. The number of thioether (sulfide) groups is 1. The lowest BCUT2D eigenvalue weighted by atomic mass is 10.2. The van der Waals surface area contributed by atoms with Crippen molar-refractivity contribution < 1.29 is 18.0 Å². The maximum absolute atomic E-state index is 13.6. The fraction of sp³-hybridized carbons (Fsp3) is 0.308. The van der Waals surface area contributed by atoms with Crippen LogP contribution in [0.2, 0.25) is 0 Å². The predicted molar refractivity (Wildman–Crippen MR) is 66.2 cm³/mol. The van der Waals surface area contributed by atoms with Gasteiger partial charge in [-0.3, -0.25) is 4.79 Å². The maximum Gasteiger partial charge on any atom is 0.164 e. The summed E-state index contributed by atoms with van der Waals surface area (Å²) in [5.41, 5.74) is -0.309. The molecule has 18 heavy (non-hydrogen) atoms. The Morgan fingerprint density at radius 2 is 2.00 bits per heavy atom. The molecule has 0 amide bonds. The fourth-order valence-electron chi connectivity index (χ4n) is 1.29. The first kappa shape index (κ1) is 14.8. The highest BCUT2D eigenvalue weighted by Crippen LogP contribution is 2.27. The van der Waals surface area contributed by atoms with Crippen molar-refractivity contribution in [2.45, 2.75) is 25.2 Å². The van der Waals surface area contributed by atoms with Crippen molar-refractivity contribution in [1.29, 1.82) is 0 Å². The molecule has 0 atom stereocenters. The van der Waals surface area contributed by atoms with Crippen LogP contribution in [0.5, 0.6) is 0 Å². The topological polar surface area (TPSA) is 17.1 Å². The Morgan fingerprint density at radius 1 is 1.33 bits per heavy atom. The van der Waals surface area contributed by atoms with Crippen LogP contribution in [0.4, 0.5) is 13.2 Å². The second-order valence-corrected chi connectivity index (χ2v) is 4.90. The average molecular weight is 274 g/mol. The molecular weight excluding hydrogens is 261 g/mol. The molecule has 0 unspecified atom stereocenters. The third-order valence-electron chi connectivity index (χ3n) is 2.24. The van der Waals surface area contributed by atoms with Gasteiger partial charge in [-0.25, -0.2) is 13.2 Å². The first-order valence-electron chi connectivity index (χ1n) is 5.37. The van der Waals surface area contributed by atoms with Crippen molar-refractivity contribution in [3.8, 4) is 0 Å². The highest BCUT2D eigenvalue weighted by Gasteiger charge is 2.15. The van der Waals surface area contributed by atoms with Gasteiger partial charge in [-0.15, -0.1) is 11.8 Å². The van der Waals surface area contributed by atoms with Gasteiger partial charge in [-0.1, -0.05) is 6.08 Å². The Labute approximate surface area is 108 Å². The van der Waals surface area contributed by atoms with Gasteiger partial charge in [0.15, 0.2) is 17.4 Å². The molecule has 0 N–H and O–H groups in total. The van der Waals surface area contributed by atoms with E-state index in [4.69, 9.17) is 0 Å². The molecule has 1 aromatic carbocycles. The van der Waals surface area contributed by atoms with E-state index in [-0.39, 0.29) is 16.2 Å². The largest absolute Gasteiger partial charge is 0.295 e. The number of halogens is 3. The van der Waals surface area contributed by atoms with Gasteiger partial charge in [0.05, 0.1) is 0 Å². The summed E-state index contributed by atoms with van der Waals surface area (Å²) in [5.74, 6) is -2.49. The third-order valence-corrected chi connectivity index (χ3v) is 3.28.